The fourth-order valence-electron chi connectivity index (χ4n) is 2.54. The summed E-state index contributed by atoms with van der Waals surface area (Å²) in [5.74, 6) is 1.52. The number of nitrogens with zero attached hydrogens (tertiary/aromatic N) is 2. The second-order valence-electron chi connectivity index (χ2n) is 5.98. The van der Waals surface area contributed by atoms with Gasteiger partial charge >= 0.3 is 0 Å². The van der Waals surface area contributed by atoms with Gasteiger partial charge in [-0.15, -0.1) is 0 Å². The van der Waals surface area contributed by atoms with Gasteiger partial charge in [0.2, 0.25) is 11.7 Å². The number of ether oxygens (including phenoxy) is 1. The first-order valence-corrected chi connectivity index (χ1v) is 8.46. The number of amides is 1. The molecule has 6 heteroatoms. The number of benzene rings is 2. The van der Waals surface area contributed by atoms with Crippen LogP contribution in [0, 0.1) is 13.8 Å². The molecule has 0 aliphatic heterocycles. The molecule has 0 atom stereocenters. The highest BCUT2D eigenvalue weighted by Gasteiger charge is 2.07. The molecular formula is C20H21N3O3. The number of aryl methyl sites for hydroxylation is 2. The van der Waals surface area contributed by atoms with Gasteiger partial charge in [-0.1, -0.05) is 29.4 Å². The van der Waals surface area contributed by atoms with E-state index in [1.165, 1.54) is 11.1 Å². The Hall–Kier alpha value is -3.15. The van der Waals surface area contributed by atoms with E-state index in [9.17, 15) is 4.79 Å². The fourth-order valence-corrected chi connectivity index (χ4v) is 2.54. The minimum absolute atomic E-state index is 0.0194. The Morgan fingerprint density at radius 1 is 1.12 bits per heavy atom. The Morgan fingerprint density at radius 3 is 2.58 bits per heavy atom. The van der Waals surface area contributed by atoms with E-state index in [0.717, 1.165) is 12.0 Å². The van der Waals surface area contributed by atoms with Crippen LogP contribution in [0.1, 0.15) is 17.0 Å². The van der Waals surface area contributed by atoms with Gasteiger partial charge in [-0.25, -0.2) is 0 Å². The molecule has 2 aromatic carbocycles. The van der Waals surface area contributed by atoms with Crippen LogP contribution in [0.3, 0.4) is 0 Å². The number of carbonyl (C=O) groups is 1. The van der Waals surface area contributed by atoms with Crippen LogP contribution in [-0.4, -0.2) is 29.2 Å². The zero-order valence-corrected chi connectivity index (χ0v) is 14.9. The Balaban J connectivity index is 1.43. The molecule has 0 radical (unpaired) electrons. The quantitative estimate of drug-likeness (QED) is 0.708. The zero-order valence-electron chi connectivity index (χ0n) is 14.9. The summed E-state index contributed by atoms with van der Waals surface area (Å²) in [5, 5.41) is 6.74. The fraction of sp³-hybridized carbons (Fsp3) is 0.250. The van der Waals surface area contributed by atoms with E-state index in [1.54, 1.807) is 19.1 Å². The summed E-state index contributed by atoms with van der Waals surface area (Å²) in [6.07, 6.45) is 0.803. The van der Waals surface area contributed by atoms with Crippen molar-refractivity contribution in [3.05, 3.63) is 65.5 Å². The number of nitrogens with one attached hydrogen (secondary N) is 1. The average Bonchev–Trinajstić information content (AvgIpc) is 3.08. The van der Waals surface area contributed by atoms with Crippen molar-refractivity contribution in [1.82, 2.24) is 15.5 Å². The Bertz CT molecular complexity index is 872. The monoisotopic (exact) mass is 351 g/mol. The maximum absolute atomic E-state index is 11.9. The summed E-state index contributed by atoms with van der Waals surface area (Å²) >= 11 is 0. The van der Waals surface area contributed by atoms with Crippen molar-refractivity contribution in [3.8, 4) is 17.1 Å². The predicted molar refractivity (Wildman–Crippen MR) is 97.9 cm³/mol. The van der Waals surface area contributed by atoms with Gasteiger partial charge in [-0.2, -0.15) is 4.98 Å². The molecule has 1 heterocycles. The lowest BCUT2D eigenvalue weighted by Gasteiger charge is -2.09. The lowest BCUT2D eigenvalue weighted by molar-refractivity contribution is -0.123. The van der Waals surface area contributed by atoms with Crippen molar-refractivity contribution >= 4 is 5.91 Å². The van der Waals surface area contributed by atoms with Crippen LogP contribution in [0.4, 0.5) is 0 Å². The zero-order chi connectivity index (χ0) is 18.4. The summed E-state index contributed by atoms with van der Waals surface area (Å²) in [7, 11) is 0. The predicted octanol–water partition coefficient (Wildman–Crippen LogP) is 3.09. The van der Waals surface area contributed by atoms with E-state index in [-0.39, 0.29) is 12.5 Å². The average molecular weight is 351 g/mol. The highest BCUT2D eigenvalue weighted by atomic mass is 16.5. The van der Waals surface area contributed by atoms with Crippen LogP contribution in [0.25, 0.3) is 11.4 Å². The van der Waals surface area contributed by atoms with Gasteiger partial charge in [0, 0.05) is 19.0 Å². The van der Waals surface area contributed by atoms with Crippen LogP contribution in [0.5, 0.6) is 5.75 Å². The Kier molecular flexibility index (Phi) is 5.63. The second kappa shape index (κ2) is 8.29. The third kappa shape index (κ3) is 4.69. The Morgan fingerprint density at radius 2 is 1.88 bits per heavy atom. The smallest absolute Gasteiger partial charge is 0.257 e. The molecule has 134 valence electrons. The van der Waals surface area contributed by atoms with Crippen LogP contribution < -0.4 is 10.1 Å². The normalized spacial score (nSPS) is 10.5. The number of hydrogen-bond acceptors (Lipinski definition) is 5. The molecule has 0 fully saturated rings. The van der Waals surface area contributed by atoms with Gasteiger partial charge < -0.3 is 14.6 Å². The molecule has 6 nitrogen and oxygen atoms in total. The molecular weight excluding hydrogens is 330 g/mol. The number of carbonyl (C=O) groups excluding carboxylic acids is 1. The molecule has 1 amide bonds. The highest BCUT2D eigenvalue weighted by molar-refractivity contribution is 5.77. The molecule has 0 spiro atoms. The van der Waals surface area contributed by atoms with Gasteiger partial charge in [0.25, 0.3) is 5.91 Å². The summed E-state index contributed by atoms with van der Waals surface area (Å²) in [5.41, 5.74) is 3.30. The van der Waals surface area contributed by atoms with Crippen LogP contribution in [0.15, 0.2) is 53.1 Å². The summed E-state index contributed by atoms with van der Waals surface area (Å²) in [6, 6.07) is 15.4. The Labute approximate surface area is 152 Å². The first-order valence-electron chi connectivity index (χ1n) is 8.46. The summed E-state index contributed by atoms with van der Waals surface area (Å²) in [4.78, 5) is 16.1. The van der Waals surface area contributed by atoms with Crippen molar-refractivity contribution in [2.75, 3.05) is 13.2 Å². The minimum Gasteiger partial charge on any atom is -0.484 e. The SMILES string of the molecule is Cc1nc(-c2ccc(OCC(=O)NCCc3ccccc3C)cc2)no1. The van der Waals surface area contributed by atoms with Gasteiger partial charge in [0.05, 0.1) is 0 Å². The van der Waals surface area contributed by atoms with Gasteiger partial charge in [0.15, 0.2) is 6.61 Å². The molecule has 3 rings (SSSR count). The van der Waals surface area contributed by atoms with Gasteiger partial charge in [-0.3, -0.25) is 4.79 Å². The van der Waals surface area contributed by atoms with E-state index < -0.39 is 0 Å². The molecule has 0 aliphatic carbocycles. The van der Waals surface area contributed by atoms with Crippen molar-refractivity contribution in [3.63, 3.8) is 0 Å². The molecule has 1 aromatic heterocycles. The van der Waals surface area contributed by atoms with Gasteiger partial charge in [-0.05, 0) is 48.7 Å². The molecule has 0 unspecified atom stereocenters. The maximum Gasteiger partial charge on any atom is 0.257 e. The molecule has 0 aliphatic rings. The third-order valence-corrected chi connectivity index (χ3v) is 3.99. The van der Waals surface area contributed by atoms with E-state index in [4.69, 9.17) is 9.26 Å². The lowest BCUT2D eigenvalue weighted by Crippen LogP contribution is -2.30. The molecule has 0 saturated carbocycles. The van der Waals surface area contributed by atoms with Crippen molar-refractivity contribution < 1.29 is 14.1 Å². The molecule has 0 saturated heterocycles. The number of aromatic nitrogens is 2. The number of rotatable bonds is 7. The minimum atomic E-state index is -0.142. The van der Waals surface area contributed by atoms with E-state index >= 15 is 0 Å². The van der Waals surface area contributed by atoms with Crippen molar-refractivity contribution in [1.29, 1.82) is 0 Å². The molecule has 3 aromatic rings. The van der Waals surface area contributed by atoms with Crippen molar-refractivity contribution in [2.45, 2.75) is 20.3 Å². The highest BCUT2D eigenvalue weighted by Crippen LogP contribution is 2.19. The van der Waals surface area contributed by atoms with Crippen LogP contribution in [0.2, 0.25) is 0 Å². The van der Waals surface area contributed by atoms with E-state index in [0.29, 0.717) is 24.0 Å². The van der Waals surface area contributed by atoms with Crippen LogP contribution in [-0.2, 0) is 11.2 Å². The first kappa shape index (κ1) is 17.7. The van der Waals surface area contributed by atoms with E-state index in [2.05, 4.69) is 34.5 Å². The molecule has 26 heavy (non-hydrogen) atoms. The maximum atomic E-state index is 11.9. The number of hydrogen-bond donors (Lipinski definition) is 1. The first-order chi connectivity index (χ1) is 12.6. The van der Waals surface area contributed by atoms with Crippen LogP contribution >= 0.6 is 0 Å². The van der Waals surface area contributed by atoms with Crippen molar-refractivity contribution in [2.24, 2.45) is 0 Å². The molecule has 1 N–H and O–H groups in total. The molecule has 0 bridgehead atoms. The topological polar surface area (TPSA) is 77.2 Å². The largest absolute Gasteiger partial charge is 0.484 e. The summed E-state index contributed by atoms with van der Waals surface area (Å²) < 4.78 is 10.5. The second-order valence-corrected chi connectivity index (χ2v) is 5.98. The van der Waals surface area contributed by atoms with Gasteiger partial charge in [0.1, 0.15) is 5.75 Å². The third-order valence-electron chi connectivity index (χ3n) is 3.99. The standard InChI is InChI=1S/C20H21N3O3/c1-14-5-3-4-6-16(14)11-12-21-19(24)13-25-18-9-7-17(8-10-18)20-22-15(2)26-23-20/h3-10H,11-13H2,1-2H3,(H,21,24). The lowest BCUT2D eigenvalue weighted by atomic mass is 10.1. The van der Waals surface area contributed by atoms with E-state index in [1.807, 2.05) is 24.3 Å². The summed E-state index contributed by atoms with van der Waals surface area (Å²) in [6.45, 7) is 4.38.